The lowest BCUT2D eigenvalue weighted by molar-refractivity contribution is -0.0454. The van der Waals surface area contributed by atoms with Gasteiger partial charge in [0.2, 0.25) is 0 Å². The van der Waals surface area contributed by atoms with E-state index in [4.69, 9.17) is 20.0 Å². The van der Waals surface area contributed by atoms with Gasteiger partial charge in [-0.25, -0.2) is 24.3 Å². The van der Waals surface area contributed by atoms with Crippen molar-refractivity contribution in [2.45, 2.75) is 58.2 Å². The second kappa shape index (κ2) is 16.0. The predicted molar refractivity (Wildman–Crippen MR) is 231 cm³/mol. The molecule has 2 spiro atoms. The van der Waals surface area contributed by atoms with Crippen LogP contribution in [0.4, 0.5) is 20.8 Å². The summed E-state index contributed by atoms with van der Waals surface area (Å²) in [4.78, 5) is 54.0. The van der Waals surface area contributed by atoms with E-state index in [1.165, 1.54) is 6.07 Å². The zero-order chi connectivity index (χ0) is 44.1. The molecule has 322 valence electrons. The molecule has 10 rings (SSSR count). The lowest BCUT2D eigenvalue weighted by atomic mass is 9.72. The Hall–Kier alpha value is -7.07. The van der Waals surface area contributed by atoms with Gasteiger partial charge in [0.15, 0.2) is 0 Å². The zero-order valence-corrected chi connectivity index (χ0v) is 35.4. The summed E-state index contributed by atoms with van der Waals surface area (Å²) in [6.45, 7) is 11.5. The first-order valence-corrected chi connectivity index (χ1v) is 21.2. The summed E-state index contributed by atoms with van der Waals surface area (Å²) in [6, 6.07) is 21.3. The molecule has 15 nitrogen and oxygen atoms in total. The van der Waals surface area contributed by atoms with E-state index in [-0.39, 0.29) is 40.1 Å². The minimum absolute atomic E-state index is 0.0165. The molecular formula is C47H47FN10O5. The van der Waals surface area contributed by atoms with Gasteiger partial charge in [0, 0.05) is 87.4 Å². The van der Waals surface area contributed by atoms with Crippen molar-refractivity contribution < 1.29 is 23.5 Å². The highest BCUT2D eigenvalue weighted by atomic mass is 19.1. The maximum atomic E-state index is 14.9. The van der Waals surface area contributed by atoms with Gasteiger partial charge in [-0.3, -0.25) is 9.59 Å². The Morgan fingerprint density at radius 2 is 1.41 bits per heavy atom. The number of likely N-dealkylation sites (tertiary alicyclic amines) is 2. The van der Waals surface area contributed by atoms with Crippen LogP contribution in [-0.4, -0.2) is 106 Å². The Labute approximate surface area is 363 Å². The number of rotatable bonds is 7. The highest BCUT2D eigenvalue weighted by molar-refractivity contribution is 5.95. The molecule has 16 heteroatoms. The molecule has 4 saturated heterocycles. The van der Waals surface area contributed by atoms with Crippen LogP contribution < -0.4 is 20.1 Å². The third-order valence-corrected chi connectivity index (χ3v) is 12.4. The van der Waals surface area contributed by atoms with E-state index in [9.17, 15) is 18.8 Å². The van der Waals surface area contributed by atoms with E-state index in [0.29, 0.717) is 52.9 Å². The molecule has 1 saturated carbocycles. The van der Waals surface area contributed by atoms with Crippen molar-refractivity contribution in [2.24, 2.45) is 10.8 Å². The molecule has 4 aliphatic heterocycles. The number of H-pyrrole nitrogens is 1. The Bertz CT molecular complexity index is 2710. The number of fused-ring (bicyclic) bond motifs is 1. The fourth-order valence-corrected chi connectivity index (χ4v) is 8.95. The van der Waals surface area contributed by atoms with E-state index in [1.807, 2.05) is 39.0 Å². The molecule has 0 bridgehead atoms. The third-order valence-electron chi connectivity index (χ3n) is 12.4. The van der Waals surface area contributed by atoms with E-state index >= 15 is 0 Å². The lowest BCUT2D eigenvalue weighted by Crippen LogP contribution is -2.73. The van der Waals surface area contributed by atoms with Crippen LogP contribution in [0.5, 0.6) is 5.75 Å². The maximum absolute atomic E-state index is 14.9. The van der Waals surface area contributed by atoms with Crippen LogP contribution in [0, 0.1) is 39.3 Å². The SMILES string of the molecule is CC(C)(C)OC(=O)N1CC2(C1)CN(c1ccc(C#N)cn1)C2.N#Cc1ccc(N2CC3(CN(C(=O)c4cc(Cc5n[nH]c(=O)c6ccc(OC7CCC7)cc56)ccc4F)C3)C2)nc1. The summed E-state index contributed by atoms with van der Waals surface area (Å²) in [7, 11) is 0. The lowest BCUT2D eigenvalue weighted by Gasteiger charge is -2.60. The van der Waals surface area contributed by atoms with Crippen molar-refractivity contribution in [3.63, 3.8) is 0 Å². The number of anilines is 2. The van der Waals surface area contributed by atoms with Gasteiger partial charge in [-0.15, -0.1) is 0 Å². The number of hydrogen-bond donors (Lipinski definition) is 1. The number of carbonyl (C=O) groups is 2. The summed E-state index contributed by atoms with van der Waals surface area (Å²) in [5.41, 5.74) is 1.90. The Balaban J connectivity index is 0.000000193. The van der Waals surface area contributed by atoms with Crippen LogP contribution in [0.15, 0.2) is 77.9 Å². The van der Waals surface area contributed by atoms with Crippen LogP contribution in [0.25, 0.3) is 10.8 Å². The number of aromatic nitrogens is 4. The van der Waals surface area contributed by atoms with E-state index in [0.717, 1.165) is 75.7 Å². The average molecular weight is 851 g/mol. The minimum atomic E-state index is -0.563. The molecule has 1 N–H and O–H groups in total. The summed E-state index contributed by atoms with van der Waals surface area (Å²) in [5, 5.41) is 25.8. The molecule has 5 aliphatic rings. The van der Waals surface area contributed by atoms with Crippen molar-refractivity contribution in [3.05, 3.63) is 117 Å². The largest absolute Gasteiger partial charge is 0.490 e. The summed E-state index contributed by atoms with van der Waals surface area (Å²) < 4.78 is 26.3. The van der Waals surface area contributed by atoms with E-state index in [2.05, 4.69) is 42.1 Å². The van der Waals surface area contributed by atoms with Gasteiger partial charge in [-0.05, 0) is 100 Å². The smallest absolute Gasteiger partial charge is 0.410 e. The molecule has 63 heavy (non-hydrogen) atoms. The number of nitrogens with one attached hydrogen (secondary N) is 1. The topological polar surface area (TPSA) is 185 Å². The summed E-state index contributed by atoms with van der Waals surface area (Å²) >= 11 is 0. The molecule has 0 radical (unpaired) electrons. The number of ether oxygens (including phenoxy) is 2. The minimum Gasteiger partial charge on any atom is -0.490 e. The number of hydrogen-bond acceptors (Lipinski definition) is 12. The second-order valence-corrected chi connectivity index (χ2v) is 18.6. The second-order valence-electron chi connectivity index (χ2n) is 18.6. The fourth-order valence-electron chi connectivity index (χ4n) is 8.95. The first-order valence-electron chi connectivity index (χ1n) is 21.2. The number of aromatic amines is 1. The van der Waals surface area contributed by atoms with E-state index < -0.39 is 11.4 Å². The molecule has 0 atom stereocenters. The number of nitrogens with zero attached hydrogens (tertiary/aromatic N) is 9. The van der Waals surface area contributed by atoms with Gasteiger partial charge < -0.3 is 29.1 Å². The molecule has 3 aromatic heterocycles. The molecule has 5 fully saturated rings. The molecular weight excluding hydrogens is 804 g/mol. The number of amides is 2. The van der Waals surface area contributed by atoms with Crippen molar-refractivity contribution in [1.82, 2.24) is 30.0 Å². The van der Waals surface area contributed by atoms with Crippen LogP contribution in [0.3, 0.4) is 0 Å². The molecule has 2 aromatic carbocycles. The molecule has 0 unspecified atom stereocenters. The third kappa shape index (κ3) is 8.45. The molecule has 2 amide bonds. The number of halogens is 1. The first-order chi connectivity index (χ1) is 30.2. The number of nitriles is 2. The highest BCUT2D eigenvalue weighted by Gasteiger charge is 2.55. The van der Waals surface area contributed by atoms with Crippen molar-refractivity contribution in [2.75, 3.05) is 62.2 Å². The quantitative estimate of drug-likeness (QED) is 0.207. The number of benzene rings is 2. The summed E-state index contributed by atoms with van der Waals surface area (Å²) in [5.74, 6) is 1.50. The van der Waals surface area contributed by atoms with Gasteiger partial charge in [-0.2, -0.15) is 15.6 Å². The van der Waals surface area contributed by atoms with Crippen LogP contribution in [0.1, 0.15) is 72.8 Å². The monoisotopic (exact) mass is 850 g/mol. The molecule has 7 heterocycles. The Kier molecular flexibility index (Phi) is 10.5. The Morgan fingerprint density at radius 3 is 1.94 bits per heavy atom. The number of pyridine rings is 2. The molecule has 5 aromatic rings. The van der Waals surface area contributed by atoms with Gasteiger partial charge >= 0.3 is 6.09 Å². The van der Waals surface area contributed by atoms with Crippen molar-refractivity contribution in [1.29, 1.82) is 10.5 Å². The van der Waals surface area contributed by atoms with Gasteiger partial charge in [0.25, 0.3) is 11.5 Å². The summed E-state index contributed by atoms with van der Waals surface area (Å²) in [6.07, 6.45) is 6.64. The molecule has 1 aliphatic carbocycles. The standard InChI is InChI=1S/C31H27FN6O3.C16H20N4O2/c32-26-8-4-19(11-27-24-12-22(41-21-2-1-3-21)6-7-23(24)29(39)36-35-27)10-25(26)30(40)38-17-31(18-38)15-37(16-31)28-9-5-20(13-33)14-34-28;1-15(2,3)22-14(21)20-10-16(11-20)8-19(9-16)13-5-4-12(6-17)7-18-13/h4-10,12,14,21H,1-3,11,15-18H2,(H,36,39);4-5,7H,8-11H2,1-3H3. The van der Waals surface area contributed by atoms with Crippen molar-refractivity contribution >= 4 is 34.4 Å². The van der Waals surface area contributed by atoms with Gasteiger partial charge in [0.1, 0.15) is 40.9 Å². The van der Waals surface area contributed by atoms with Crippen LogP contribution in [-0.2, 0) is 11.2 Å². The average Bonchev–Trinajstić information content (AvgIpc) is 3.19. The van der Waals surface area contributed by atoms with Crippen molar-refractivity contribution in [3.8, 4) is 17.9 Å². The normalized spacial score (nSPS) is 18.1. The van der Waals surface area contributed by atoms with Crippen LogP contribution in [0.2, 0.25) is 0 Å². The maximum Gasteiger partial charge on any atom is 0.410 e. The highest BCUT2D eigenvalue weighted by Crippen LogP contribution is 2.43. The van der Waals surface area contributed by atoms with E-state index in [1.54, 1.807) is 58.6 Å². The Morgan fingerprint density at radius 1 is 0.810 bits per heavy atom. The van der Waals surface area contributed by atoms with Crippen LogP contribution >= 0.6 is 0 Å². The van der Waals surface area contributed by atoms with Gasteiger partial charge in [-0.1, -0.05) is 6.07 Å². The fraction of sp³-hybridized carbons (Fsp3) is 0.404. The zero-order valence-electron chi connectivity index (χ0n) is 35.4. The van der Waals surface area contributed by atoms with Gasteiger partial charge in [0.05, 0.1) is 33.9 Å². The predicted octanol–water partition coefficient (Wildman–Crippen LogP) is 5.82. The number of carbonyl (C=O) groups excluding carboxylic acids is 2. The first kappa shape index (κ1) is 41.3.